The minimum absolute atomic E-state index is 0.0921. The predicted molar refractivity (Wildman–Crippen MR) is 450 cm³/mol. The van der Waals surface area contributed by atoms with Crippen LogP contribution >= 0.6 is 0 Å². The van der Waals surface area contributed by atoms with Crippen LogP contribution in [0.15, 0.2) is 187 Å². The highest BCUT2D eigenvalue weighted by atomic mass is 32.2. The number of benzene rings is 6. The normalized spacial score (nSPS) is 32.2. The first-order valence-corrected chi connectivity index (χ1v) is 49.6. The van der Waals surface area contributed by atoms with Gasteiger partial charge in [-0.25, -0.2) is 25.6 Å². The number of esters is 4. The van der Waals surface area contributed by atoms with Gasteiger partial charge >= 0.3 is 36.2 Å². The Morgan fingerprint density at radius 2 is 0.524 bits per heavy atom. The topological polar surface area (TPSA) is 257 Å². The Hall–Kier alpha value is -7.64. The van der Waals surface area contributed by atoms with E-state index in [2.05, 4.69) is 76.2 Å². The number of alkyl halides is 8. The number of halogens is 8. The molecule has 16 fully saturated rings. The fourth-order valence-corrected chi connectivity index (χ4v) is 31.4. The van der Waals surface area contributed by atoms with Crippen LogP contribution in [0.2, 0.25) is 0 Å². The minimum Gasteiger partial charge on any atom is -0.745 e. The molecule has 14 unspecified atom stereocenters. The molecule has 6 aromatic carbocycles. The van der Waals surface area contributed by atoms with Gasteiger partial charge in [-0.2, -0.15) is 26.3 Å². The molecule has 0 N–H and O–H groups in total. The Kier molecular flexibility index (Phi) is 28.1. The van der Waals surface area contributed by atoms with Gasteiger partial charge in [-0.15, -0.1) is 0 Å². The highest BCUT2D eigenvalue weighted by molar-refractivity contribution is 7.97. The lowest BCUT2D eigenvalue weighted by Gasteiger charge is -2.60. The molecule has 16 aliphatic carbocycles. The van der Waals surface area contributed by atoms with E-state index in [1.54, 1.807) is 0 Å². The Balaban J connectivity index is 0.000000160. The summed E-state index contributed by atoms with van der Waals surface area (Å²) in [6.07, 6.45) is 16.2. The standard InChI is InChI=1S/2C46H55O6S.2C2H2F4O3S/c2*1-30-36-18-32-16-33(19-36)23-45(30,22-32)26-43(47)51-28-49-39-12-6-8-14-41(39)53(38-10-4-3-5-11-38)42-15-9-7-13-40(42)50-29-52-44(48)27-46-24-34-17-35(25-46)21-37(20-34)31(46)2;2*3-1(2(4,5)6)10(7,8)9/h2*3-15,30-37H,16-29H2,1-2H3;2*1H,(H,7,8,9)/q2*+1;;/p-2. The second-order valence-electron chi connectivity index (χ2n) is 38.6. The zero-order valence-corrected chi connectivity index (χ0v) is 74.5. The molecule has 126 heavy (non-hydrogen) atoms. The molecular formula is C96H112F8O18S4. The molecule has 16 saturated carbocycles. The van der Waals surface area contributed by atoms with E-state index in [0.717, 1.165) is 100 Å². The summed E-state index contributed by atoms with van der Waals surface area (Å²) in [6, 6.07) is 52.7. The summed E-state index contributed by atoms with van der Waals surface area (Å²) in [5.74, 6) is 13.7. The highest BCUT2D eigenvalue weighted by Gasteiger charge is 2.61. The van der Waals surface area contributed by atoms with Crippen molar-refractivity contribution >= 4 is 65.9 Å². The SMILES string of the molecule is CC1C2CC3CC(C2)CC1(CC(=O)OCOc1ccccc1[S+](c1ccccc1)c1ccccc1OCOC(=O)CC12CC4CC(CC(C4)C1C)C2)C3.CC1C2CC3CC(C2)CC1(CC(=O)OCOc1ccccc1[S+](c1ccccc1)c1ccccc1OCOC(=O)CC12CC4CC(CC(C4)C1C)C2)C3.O=S(=O)([O-])C(F)C(F)(F)F.O=S(=O)([O-])C(F)C(F)(F)F. The van der Waals surface area contributed by atoms with Crippen LogP contribution in [0.5, 0.6) is 23.0 Å². The van der Waals surface area contributed by atoms with Crippen LogP contribution in [0.3, 0.4) is 0 Å². The van der Waals surface area contributed by atoms with Gasteiger partial charge in [0.15, 0.2) is 32.8 Å². The lowest BCUT2D eigenvalue weighted by atomic mass is 9.45. The van der Waals surface area contributed by atoms with E-state index >= 15 is 0 Å². The van der Waals surface area contributed by atoms with Crippen LogP contribution < -0.4 is 18.9 Å². The molecule has 30 heteroatoms. The zero-order chi connectivity index (χ0) is 89.5. The van der Waals surface area contributed by atoms with Crippen molar-refractivity contribution < 1.29 is 118 Å². The van der Waals surface area contributed by atoms with E-state index in [1.807, 2.05) is 109 Å². The van der Waals surface area contributed by atoms with Crippen molar-refractivity contribution in [3.63, 3.8) is 0 Å². The average Bonchev–Trinajstić information content (AvgIpc) is 0.742. The van der Waals surface area contributed by atoms with E-state index < -0.39 is 65.4 Å². The number of carbonyl (C=O) groups excluding carboxylic acids is 4. The maximum Gasteiger partial charge on any atom is 0.433 e. The summed E-state index contributed by atoms with van der Waals surface area (Å²) in [5, 5.41) is 0. The molecule has 0 heterocycles. The van der Waals surface area contributed by atoms with Crippen molar-refractivity contribution in [2.45, 2.75) is 235 Å². The molecule has 6 aromatic rings. The quantitative estimate of drug-likeness (QED) is 0.0110. The lowest BCUT2D eigenvalue weighted by Crippen LogP contribution is -2.52. The third-order valence-corrected chi connectivity index (χ3v) is 37.1. The second-order valence-corrected chi connectivity index (χ2v) is 45.3. The van der Waals surface area contributed by atoms with Crippen LogP contribution in [-0.4, -0.2) is 100 Å². The molecule has 0 saturated heterocycles. The molecule has 0 amide bonds. The van der Waals surface area contributed by atoms with Crippen LogP contribution in [-0.2, 0) is 80.2 Å². The second kappa shape index (κ2) is 38.0. The predicted octanol–water partition coefficient (Wildman–Crippen LogP) is 21.3. The number of carbonyl (C=O) groups is 4. The maximum absolute atomic E-state index is 13.4. The largest absolute Gasteiger partial charge is 0.745 e. The first-order valence-electron chi connectivity index (χ1n) is 44.3. The first-order chi connectivity index (χ1) is 59.9. The van der Waals surface area contributed by atoms with Gasteiger partial charge < -0.3 is 47.0 Å². The third kappa shape index (κ3) is 20.9. The molecule has 22 rings (SSSR count). The van der Waals surface area contributed by atoms with Crippen LogP contribution in [0.1, 0.15) is 182 Å². The molecule has 16 aliphatic rings. The molecule has 684 valence electrons. The van der Waals surface area contributed by atoms with Crippen molar-refractivity contribution in [3.05, 3.63) is 158 Å². The Morgan fingerprint density at radius 1 is 0.333 bits per heavy atom. The summed E-state index contributed by atoms with van der Waals surface area (Å²) in [5.41, 5.74) is -8.27. The van der Waals surface area contributed by atoms with Crippen molar-refractivity contribution in [2.24, 2.45) is 116 Å². The molecule has 14 atom stereocenters. The van der Waals surface area contributed by atoms with Crippen molar-refractivity contribution in [2.75, 3.05) is 27.2 Å². The van der Waals surface area contributed by atoms with Crippen molar-refractivity contribution in [3.8, 4) is 23.0 Å². The number of ether oxygens (including phenoxy) is 8. The average molecular weight is 1830 g/mol. The van der Waals surface area contributed by atoms with Crippen molar-refractivity contribution in [1.29, 1.82) is 0 Å². The van der Waals surface area contributed by atoms with E-state index in [4.69, 9.17) is 37.9 Å². The first kappa shape index (κ1) is 93.1. The van der Waals surface area contributed by atoms with Gasteiger partial charge in [-0.05, 0) is 318 Å². The molecule has 0 aromatic heterocycles. The Bertz CT molecular complexity index is 4470. The minimum atomic E-state index is -5.90. The Morgan fingerprint density at radius 3 is 0.706 bits per heavy atom. The van der Waals surface area contributed by atoms with Gasteiger partial charge in [-0.3, -0.25) is 19.2 Å². The number of hydrogen-bond donors (Lipinski definition) is 0. The molecule has 0 radical (unpaired) electrons. The van der Waals surface area contributed by atoms with E-state index in [1.165, 1.54) is 128 Å². The Labute approximate surface area is 738 Å². The number of rotatable bonds is 28. The summed E-state index contributed by atoms with van der Waals surface area (Å²) >= 11 is 0. The monoisotopic (exact) mass is 1830 g/mol. The fraction of sp³-hybridized carbons (Fsp3) is 0.583. The molecule has 0 spiro atoms. The van der Waals surface area contributed by atoms with Crippen LogP contribution in [0.25, 0.3) is 0 Å². The summed E-state index contributed by atoms with van der Waals surface area (Å²) < 4.78 is 193. The van der Waals surface area contributed by atoms with Gasteiger partial charge in [0.1, 0.15) is 42.0 Å². The highest BCUT2D eigenvalue weighted by Crippen LogP contribution is 2.68. The summed E-state index contributed by atoms with van der Waals surface area (Å²) in [4.78, 5) is 59.5. The molecule has 16 bridgehead atoms. The summed E-state index contributed by atoms with van der Waals surface area (Å²) in [6.45, 7) is 9.01. The van der Waals surface area contributed by atoms with Crippen LogP contribution in [0, 0.1) is 116 Å². The lowest BCUT2D eigenvalue weighted by molar-refractivity contribution is -0.165. The number of hydrogen-bond acceptors (Lipinski definition) is 18. The number of para-hydroxylation sites is 4. The van der Waals surface area contributed by atoms with Gasteiger partial charge in [0, 0.05) is 0 Å². The third-order valence-electron chi connectivity index (χ3n) is 31.0. The van der Waals surface area contributed by atoms with Gasteiger partial charge in [0.2, 0.25) is 46.8 Å². The van der Waals surface area contributed by atoms with E-state index in [0.29, 0.717) is 72.4 Å². The van der Waals surface area contributed by atoms with Gasteiger partial charge in [0.05, 0.1) is 25.7 Å². The van der Waals surface area contributed by atoms with Gasteiger partial charge in [0.25, 0.3) is 11.0 Å². The smallest absolute Gasteiger partial charge is 0.433 e. The molecule has 0 aliphatic heterocycles. The zero-order valence-electron chi connectivity index (χ0n) is 71.2. The maximum atomic E-state index is 13.4. The van der Waals surface area contributed by atoms with E-state index in [9.17, 15) is 80.2 Å². The summed E-state index contributed by atoms with van der Waals surface area (Å²) in [7, 11) is -13.1. The van der Waals surface area contributed by atoms with Gasteiger partial charge in [-0.1, -0.05) is 113 Å². The molecular weight excluding hydrogens is 1720 g/mol. The van der Waals surface area contributed by atoms with E-state index in [-0.39, 0.29) is 72.7 Å². The fourth-order valence-electron chi connectivity index (χ4n) is 26.2. The molecule has 18 nitrogen and oxygen atoms in total. The van der Waals surface area contributed by atoms with Crippen LogP contribution in [0.4, 0.5) is 35.1 Å². The van der Waals surface area contributed by atoms with Crippen molar-refractivity contribution in [1.82, 2.24) is 0 Å².